The van der Waals surface area contributed by atoms with Gasteiger partial charge in [0.25, 0.3) is 0 Å². The standard InChI is InChI=1S/C17H11ClFN5/c18-11-1-2-14(19)13(9-11)16-23-10-15-17(22-8-7-21-15)24(16)12-3-5-20-6-4-12/h1-9H,10H2. The molecule has 2 aromatic heterocycles. The number of hydrogen-bond acceptors (Lipinski definition) is 5. The number of hydrogen-bond donors (Lipinski definition) is 0. The number of anilines is 2. The van der Waals surface area contributed by atoms with Crippen LogP contribution in [0, 0.1) is 5.82 Å². The van der Waals surface area contributed by atoms with E-state index in [2.05, 4.69) is 19.9 Å². The number of aliphatic imine (C=N–C) groups is 1. The second kappa shape index (κ2) is 5.98. The van der Waals surface area contributed by atoms with Crippen LogP contribution in [0.2, 0.25) is 5.02 Å². The average Bonchev–Trinajstić information content (AvgIpc) is 2.63. The van der Waals surface area contributed by atoms with Crippen LogP contribution in [0.1, 0.15) is 11.3 Å². The molecule has 0 fully saturated rings. The first-order chi connectivity index (χ1) is 11.7. The number of benzene rings is 1. The number of halogens is 2. The van der Waals surface area contributed by atoms with Crippen LogP contribution in [0.5, 0.6) is 0 Å². The fourth-order valence-electron chi connectivity index (χ4n) is 2.59. The van der Waals surface area contributed by atoms with E-state index in [-0.39, 0.29) is 0 Å². The van der Waals surface area contributed by atoms with E-state index >= 15 is 0 Å². The van der Waals surface area contributed by atoms with Gasteiger partial charge in [0.1, 0.15) is 17.3 Å². The molecule has 24 heavy (non-hydrogen) atoms. The topological polar surface area (TPSA) is 54.3 Å². The molecule has 5 nitrogen and oxygen atoms in total. The van der Waals surface area contributed by atoms with Crippen molar-refractivity contribution in [3.63, 3.8) is 0 Å². The maximum absolute atomic E-state index is 14.4. The van der Waals surface area contributed by atoms with Crippen molar-refractivity contribution in [1.29, 1.82) is 0 Å². The highest BCUT2D eigenvalue weighted by Gasteiger charge is 2.27. The van der Waals surface area contributed by atoms with Crippen LogP contribution in [0.25, 0.3) is 0 Å². The number of nitrogens with zero attached hydrogens (tertiary/aromatic N) is 5. The van der Waals surface area contributed by atoms with E-state index < -0.39 is 5.82 Å². The van der Waals surface area contributed by atoms with Crippen LogP contribution in [0.3, 0.4) is 0 Å². The van der Waals surface area contributed by atoms with Crippen LogP contribution in [-0.4, -0.2) is 20.8 Å². The fraction of sp³-hybridized carbons (Fsp3) is 0.0588. The van der Waals surface area contributed by atoms with Crippen molar-refractivity contribution in [2.75, 3.05) is 4.90 Å². The molecule has 118 valence electrons. The Labute approximate surface area is 142 Å². The van der Waals surface area contributed by atoms with Crippen molar-refractivity contribution >= 4 is 28.9 Å². The molecule has 0 saturated carbocycles. The molecule has 7 heteroatoms. The number of amidine groups is 1. The maximum atomic E-state index is 14.4. The third-order valence-electron chi connectivity index (χ3n) is 3.64. The highest BCUT2D eigenvalue weighted by molar-refractivity contribution is 6.31. The lowest BCUT2D eigenvalue weighted by atomic mass is 10.1. The first kappa shape index (κ1) is 14.7. The summed E-state index contributed by atoms with van der Waals surface area (Å²) in [6.45, 7) is 0.325. The van der Waals surface area contributed by atoms with Gasteiger partial charge in [0.15, 0.2) is 5.82 Å². The largest absolute Gasteiger partial charge is 0.277 e. The van der Waals surface area contributed by atoms with E-state index in [1.54, 1.807) is 35.8 Å². The molecular weight excluding hydrogens is 329 g/mol. The van der Waals surface area contributed by atoms with Crippen molar-refractivity contribution in [2.45, 2.75) is 6.54 Å². The number of fused-ring (bicyclic) bond motifs is 1. The van der Waals surface area contributed by atoms with E-state index in [0.717, 1.165) is 11.4 Å². The van der Waals surface area contributed by atoms with E-state index in [4.69, 9.17) is 11.6 Å². The Bertz CT molecular complexity index is 929. The molecule has 0 atom stereocenters. The summed E-state index contributed by atoms with van der Waals surface area (Å²) in [5.74, 6) is 0.659. The second-order valence-electron chi connectivity index (χ2n) is 5.13. The van der Waals surface area contributed by atoms with E-state index in [0.29, 0.717) is 28.8 Å². The molecule has 0 bridgehead atoms. The summed E-state index contributed by atoms with van der Waals surface area (Å²) < 4.78 is 14.4. The zero-order chi connectivity index (χ0) is 16.5. The minimum atomic E-state index is -0.399. The molecular formula is C17H11ClFN5. The van der Waals surface area contributed by atoms with Crippen molar-refractivity contribution in [1.82, 2.24) is 15.0 Å². The Kier molecular flexibility index (Phi) is 3.66. The predicted octanol–water partition coefficient (Wildman–Crippen LogP) is 3.76. The van der Waals surface area contributed by atoms with Gasteiger partial charge in [-0.15, -0.1) is 0 Å². The van der Waals surface area contributed by atoms with Crippen molar-refractivity contribution in [2.24, 2.45) is 4.99 Å². The quantitative estimate of drug-likeness (QED) is 0.713. The minimum Gasteiger partial charge on any atom is -0.277 e. The summed E-state index contributed by atoms with van der Waals surface area (Å²) >= 11 is 6.05. The molecule has 0 saturated heterocycles. The monoisotopic (exact) mass is 339 g/mol. The van der Waals surface area contributed by atoms with Gasteiger partial charge in [0.2, 0.25) is 0 Å². The summed E-state index contributed by atoms with van der Waals surface area (Å²) in [7, 11) is 0. The molecule has 1 aliphatic heterocycles. The summed E-state index contributed by atoms with van der Waals surface area (Å²) in [5.41, 5.74) is 1.81. The van der Waals surface area contributed by atoms with Crippen molar-refractivity contribution in [3.05, 3.63) is 77.2 Å². The van der Waals surface area contributed by atoms with Crippen molar-refractivity contribution in [3.8, 4) is 0 Å². The van der Waals surface area contributed by atoms with Gasteiger partial charge in [-0.05, 0) is 30.3 Å². The number of aromatic nitrogens is 3. The van der Waals surface area contributed by atoms with E-state index in [9.17, 15) is 4.39 Å². The van der Waals surface area contributed by atoms with E-state index in [1.807, 2.05) is 12.1 Å². The third-order valence-corrected chi connectivity index (χ3v) is 3.88. The van der Waals surface area contributed by atoms with Crippen LogP contribution < -0.4 is 4.90 Å². The van der Waals surface area contributed by atoms with Crippen molar-refractivity contribution < 1.29 is 4.39 Å². The zero-order valence-electron chi connectivity index (χ0n) is 12.4. The highest BCUT2D eigenvalue weighted by Crippen LogP contribution is 2.32. The Morgan fingerprint density at radius 1 is 1.00 bits per heavy atom. The molecule has 0 amide bonds. The SMILES string of the molecule is Fc1ccc(Cl)cc1C1=NCc2nccnc2N1c1ccncc1. The number of pyridine rings is 1. The lowest BCUT2D eigenvalue weighted by Gasteiger charge is -2.29. The predicted molar refractivity (Wildman–Crippen MR) is 90.1 cm³/mol. The molecule has 0 radical (unpaired) electrons. The van der Waals surface area contributed by atoms with E-state index in [1.165, 1.54) is 12.1 Å². The normalized spacial score (nSPS) is 13.4. The zero-order valence-corrected chi connectivity index (χ0v) is 13.2. The summed E-state index contributed by atoms with van der Waals surface area (Å²) in [6, 6.07) is 8.01. The van der Waals surface area contributed by atoms with Gasteiger partial charge in [-0.1, -0.05) is 11.6 Å². The van der Waals surface area contributed by atoms with Gasteiger partial charge in [0.05, 0.1) is 17.8 Å². The second-order valence-corrected chi connectivity index (χ2v) is 5.57. The Morgan fingerprint density at radius 3 is 2.62 bits per heavy atom. The maximum Gasteiger partial charge on any atom is 0.162 e. The molecule has 0 N–H and O–H groups in total. The highest BCUT2D eigenvalue weighted by atomic mass is 35.5. The molecule has 0 spiro atoms. The Hall–Kier alpha value is -2.86. The molecule has 3 aromatic rings. The van der Waals surface area contributed by atoms with Crippen LogP contribution in [-0.2, 0) is 6.54 Å². The lowest BCUT2D eigenvalue weighted by Crippen LogP contribution is -2.32. The van der Waals surface area contributed by atoms with Gasteiger partial charge in [-0.2, -0.15) is 0 Å². The molecule has 1 aliphatic rings. The Balaban J connectivity index is 1.93. The average molecular weight is 340 g/mol. The van der Waals surface area contributed by atoms with Crippen LogP contribution in [0.4, 0.5) is 15.9 Å². The third kappa shape index (κ3) is 2.51. The molecule has 1 aromatic carbocycles. The summed E-state index contributed by atoms with van der Waals surface area (Å²) in [6.07, 6.45) is 6.53. The molecule has 0 unspecified atom stereocenters. The summed E-state index contributed by atoms with van der Waals surface area (Å²) in [4.78, 5) is 19.0. The molecule has 0 aliphatic carbocycles. The van der Waals surface area contributed by atoms with Gasteiger partial charge in [0, 0.05) is 29.8 Å². The summed E-state index contributed by atoms with van der Waals surface area (Å²) in [5, 5.41) is 0.439. The molecule has 4 rings (SSSR count). The first-order valence-electron chi connectivity index (χ1n) is 7.24. The van der Waals surface area contributed by atoms with Crippen LogP contribution in [0.15, 0.2) is 60.1 Å². The van der Waals surface area contributed by atoms with Gasteiger partial charge >= 0.3 is 0 Å². The van der Waals surface area contributed by atoms with Gasteiger partial charge < -0.3 is 0 Å². The van der Waals surface area contributed by atoms with Gasteiger partial charge in [-0.3, -0.25) is 19.9 Å². The number of rotatable bonds is 2. The smallest absolute Gasteiger partial charge is 0.162 e. The van der Waals surface area contributed by atoms with Crippen LogP contribution >= 0.6 is 11.6 Å². The lowest BCUT2D eigenvalue weighted by molar-refractivity contribution is 0.624. The Morgan fingerprint density at radius 2 is 1.79 bits per heavy atom. The fourth-order valence-corrected chi connectivity index (χ4v) is 2.76. The minimum absolute atomic E-state index is 0.315. The first-order valence-corrected chi connectivity index (χ1v) is 7.62. The molecule has 3 heterocycles. The van der Waals surface area contributed by atoms with Gasteiger partial charge in [-0.25, -0.2) is 9.37 Å².